The molecular formula is C23H20ClN7O2. The van der Waals surface area contributed by atoms with Crippen molar-refractivity contribution in [2.24, 2.45) is 5.73 Å². The zero-order valence-corrected chi connectivity index (χ0v) is 18.3. The quantitative estimate of drug-likeness (QED) is 0.324. The Labute approximate surface area is 193 Å². The van der Waals surface area contributed by atoms with Crippen molar-refractivity contribution < 1.29 is 4.79 Å². The molecule has 4 aromatic rings. The van der Waals surface area contributed by atoms with Gasteiger partial charge in [0.25, 0.3) is 11.5 Å². The van der Waals surface area contributed by atoms with Crippen LogP contribution in [0.4, 0.5) is 11.6 Å². The number of nitrogens with two attached hydrogens (primary N) is 2. The Morgan fingerprint density at radius 1 is 1.15 bits per heavy atom. The van der Waals surface area contributed by atoms with E-state index in [-0.39, 0.29) is 22.8 Å². The molecule has 6 N–H and O–H groups in total. The van der Waals surface area contributed by atoms with Crippen molar-refractivity contribution >= 4 is 45.6 Å². The Kier molecular flexibility index (Phi) is 5.80. The predicted octanol–water partition coefficient (Wildman–Crippen LogP) is 3.04. The lowest BCUT2D eigenvalue weighted by Crippen LogP contribution is -2.28. The molecule has 0 spiro atoms. The largest absolute Gasteiger partial charge is 0.383 e. The molecule has 0 saturated carbocycles. The highest BCUT2D eigenvalue weighted by molar-refractivity contribution is 6.45. The van der Waals surface area contributed by atoms with E-state index < -0.39 is 17.7 Å². The average Bonchev–Trinajstić information content (AvgIpc) is 2.79. The van der Waals surface area contributed by atoms with Crippen molar-refractivity contribution in [1.82, 2.24) is 14.5 Å². The predicted molar refractivity (Wildman–Crippen MR) is 129 cm³/mol. The first-order valence-corrected chi connectivity index (χ1v) is 10.3. The fourth-order valence-corrected chi connectivity index (χ4v) is 3.92. The normalized spacial score (nSPS) is 11.8. The Balaban J connectivity index is 1.91. The standard InChI is InChI=1S/C23H20ClN7O2/c1-12(30-22-18(19(25)21(27)32)20(26)28-11-29-22)16-10-13-6-5-9-15(24)17(13)23(33)31(16)14-7-3-2-4-8-14/h2-12,25H,1H3,(H2,27,32)(H3,26,28,29,30)/t12-/m0/s1. The number of hydrogen-bond acceptors (Lipinski definition) is 7. The number of fused-ring (bicyclic) bond motifs is 1. The number of anilines is 2. The van der Waals surface area contributed by atoms with E-state index in [9.17, 15) is 9.59 Å². The summed E-state index contributed by atoms with van der Waals surface area (Å²) in [5.74, 6) is -0.875. The summed E-state index contributed by atoms with van der Waals surface area (Å²) >= 11 is 6.36. The molecule has 166 valence electrons. The molecule has 0 aliphatic rings. The number of nitrogen functional groups attached to an aromatic ring is 1. The van der Waals surface area contributed by atoms with Gasteiger partial charge in [0.2, 0.25) is 0 Å². The van der Waals surface area contributed by atoms with Crippen LogP contribution in [-0.4, -0.2) is 26.2 Å². The maximum atomic E-state index is 13.6. The molecule has 1 atom stereocenters. The summed E-state index contributed by atoms with van der Waals surface area (Å²) in [6, 6.07) is 15.8. The zero-order chi connectivity index (χ0) is 23.7. The number of nitrogens with zero attached hydrogens (tertiary/aromatic N) is 3. The van der Waals surface area contributed by atoms with Crippen molar-refractivity contribution in [2.75, 3.05) is 11.1 Å². The monoisotopic (exact) mass is 461 g/mol. The Morgan fingerprint density at radius 3 is 2.58 bits per heavy atom. The summed E-state index contributed by atoms with van der Waals surface area (Å²) in [6.07, 6.45) is 1.21. The van der Waals surface area contributed by atoms with Gasteiger partial charge in [-0.2, -0.15) is 0 Å². The van der Waals surface area contributed by atoms with Gasteiger partial charge < -0.3 is 16.8 Å². The van der Waals surface area contributed by atoms with Gasteiger partial charge in [-0.15, -0.1) is 0 Å². The topological polar surface area (TPSA) is 153 Å². The summed E-state index contributed by atoms with van der Waals surface area (Å²) in [6.45, 7) is 1.82. The molecule has 1 amide bonds. The number of rotatable bonds is 6. The molecule has 0 fully saturated rings. The first-order chi connectivity index (χ1) is 15.8. The minimum absolute atomic E-state index is 0.00529. The number of aromatic nitrogens is 3. The van der Waals surface area contributed by atoms with Gasteiger partial charge in [0.1, 0.15) is 23.7 Å². The van der Waals surface area contributed by atoms with Gasteiger partial charge in [0.05, 0.1) is 22.0 Å². The van der Waals surface area contributed by atoms with Crippen molar-refractivity contribution in [3.05, 3.63) is 87.6 Å². The van der Waals surface area contributed by atoms with E-state index in [1.807, 2.05) is 49.4 Å². The SMILES string of the molecule is C[C@H](Nc1ncnc(N)c1C(=N)C(N)=O)c1cc2cccc(Cl)c2c(=O)n1-c1ccccc1. The van der Waals surface area contributed by atoms with Crippen LogP contribution >= 0.6 is 11.6 Å². The summed E-state index contributed by atoms with van der Waals surface area (Å²) in [7, 11) is 0. The molecule has 0 aliphatic carbocycles. The maximum Gasteiger partial charge on any atom is 0.267 e. The molecule has 2 heterocycles. The highest BCUT2D eigenvalue weighted by Crippen LogP contribution is 2.28. The number of halogens is 1. The molecule has 10 heteroatoms. The second-order valence-electron chi connectivity index (χ2n) is 7.34. The second kappa shape index (κ2) is 8.71. The summed E-state index contributed by atoms with van der Waals surface area (Å²) in [5, 5.41) is 12.6. The first-order valence-electron chi connectivity index (χ1n) is 9.95. The van der Waals surface area contributed by atoms with Gasteiger partial charge in [0, 0.05) is 11.4 Å². The number of nitrogens with one attached hydrogen (secondary N) is 2. The van der Waals surface area contributed by atoms with Crippen LogP contribution in [0.15, 0.2) is 65.7 Å². The number of para-hydroxylation sites is 1. The third-order valence-corrected chi connectivity index (χ3v) is 5.52. The lowest BCUT2D eigenvalue weighted by molar-refractivity contribution is -0.112. The van der Waals surface area contributed by atoms with Crippen molar-refractivity contribution in [1.29, 1.82) is 5.41 Å². The van der Waals surface area contributed by atoms with Gasteiger partial charge >= 0.3 is 0 Å². The maximum absolute atomic E-state index is 13.6. The van der Waals surface area contributed by atoms with Crippen LogP contribution in [0.5, 0.6) is 0 Å². The van der Waals surface area contributed by atoms with Gasteiger partial charge in [-0.3, -0.25) is 19.6 Å². The second-order valence-corrected chi connectivity index (χ2v) is 7.74. The van der Waals surface area contributed by atoms with E-state index in [1.165, 1.54) is 6.33 Å². The van der Waals surface area contributed by atoms with E-state index in [2.05, 4.69) is 15.3 Å². The first kappa shape index (κ1) is 22.0. The van der Waals surface area contributed by atoms with E-state index in [1.54, 1.807) is 16.7 Å². The average molecular weight is 462 g/mol. The minimum Gasteiger partial charge on any atom is -0.383 e. The van der Waals surface area contributed by atoms with Crippen molar-refractivity contribution in [3.8, 4) is 5.69 Å². The number of benzene rings is 2. The van der Waals surface area contributed by atoms with Crippen LogP contribution in [0.25, 0.3) is 16.5 Å². The van der Waals surface area contributed by atoms with Crippen LogP contribution < -0.4 is 22.3 Å². The molecule has 9 nitrogen and oxygen atoms in total. The zero-order valence-electron chi connectivity index (χ0n) is 17.5. The molecule has 33 heavy (non-hydrogen) atoms. The molecule has 0 saturated heterocycles. The van der Waals surface area contributed by atoms with E-state index in [0.29, 0.717) is 27.2 Å². The van der Waals surface area contributed by atoms with Crippen LogP contribution in [0.3, 0.4) is 0 Å². The smallest absolute Gasteiger partial charge is 0.267 e. The summed E-state index contributed by atoms with van der Waals surface area (Å²) in [5.41, 5.74) is 11.6. The Bertz CT molecular complexity index is 1450. The van der Waals surface area contributed by atoms with Gasteiger partial charge in [-0.1, -0.05) is 41.9 Å². The Morgan fingerprint density at radius 2 is 1.88 bits per heavy atom. The van der Waals surface area contributed by atoms with Crippen LogP contribution in [0.2, 0.25) is 5.02 Å². The fourth-order valence-electron chi connectivity index (χ4n) is 3.66. The molecule has 2 aromatic heterocycles. The number of hydrogen-bond donors (Lipinski definition) is 4. The highest BCUT2D eigenvalue weighted by atomic mass is 35.5. The summed E-state index contributed by atoms with van der Waals surface area (Å²) in [4.78, 5) is 33.2. The van der Waals surface area contributed by atoms with Crippen LogP contribution in [0, 0.1) is 5.41 Å². The summed E-state index contributed by atoms with van der Waals surface area (Å²) < 4.78 is 1.56. The van der Waals surface area contributed by atoms with Crippen LogP contribution in [-0.2, 0) is 4.79 Å². The fraction of sp³-hybridized carbons (Fsp3) is 0.0870. The van der Waals surface area contributed by atoms with Gasteiger partial charge in [-0.05, 0) is 36.6 Å². The number of pyridine rings is 1. The number of carbonyl (C=O) groups excluding carboxylic acids is 1. The van der Waals surface area contributed by atoms with E-state index in [4.69, 9.17) is 28.5 Å². The molecule has 4 rings (SSSR count). The molecule has 0 aliphatic heterocycles. The lowest BCUT2D eigenvalue weighted by atomic mass is 10.1. The van der Waals surface area contributed by atoms with Crippen LogP contribution in [0.1, 0.15) is 24.2 Å². The van der Waals surface area contributed by atoms with Gasteiger partial charge in [0.15, 0.2) is 0 Å². The molecule has 0 unspecified atom stereocenters. The third-order valence-electron chi connectivity index (χ3n) is 5.21. The molecular weight excluding hydrogens is 442 g/mol. The van der Waals surface area contributed by atoms with Crippen molar-refractivity contribution in [3.63, 3.8) is 0 Å². The molecule has 0 radical (unpaired) electrons. The Hall–Kier alpha value is -4.24. The molecule has 2 aromatic carbocycles. The number of amides is 1. The van der Waals surface area contributed by atoms with E-state index >= 15 is 0 Å². The van der Waals surface area contributed by atoms with E-state index in [0.717, 1.165) is 0 Å². The van der Waals surface area contributed by atoms with Gasteiger partial charge in [-0.25, -0.2) is 9.97 Å². The highest BCUT2D eigenvalue weighted by Gasteiger charge is 2.22. The lowest BCUT2D eigenvalue weighted by Gasteiger charge is -2.22. The number of carbonyl (C=O) groups is 1. The molecule has 0 bridgehead atoms. The number of primary amides is 1. The van der Waals surface area contributed by atoms with Crippen molar-refractivity contribution in [2.45, 2.75) is 13.0 Å². The minimum atomic E-state index is -0.964. The third kappa shape index (κ3) is 4.01.